The van der Waals surface area contributed by atoms with Crippen molar-refractivity contribution in [2.75, 3.05) is 11.9 Å². The number of benzene rings is 1. The monoisotopic (exact) mass is 401 g/mol. The number of nitrogens with one attached hydrogen (secondary N) is 2. The Morgan fingerprint density at radius 3 is 2.70 bits per heavy atom. The van der Waals surface area contributed by atoms with Gasteiger partial charge in [-0.1, -0.05) is 0 Å². The van der Waals surface area contributed by atoms with Crippen LogP contribution in [0.3, 0.4) is 0 Å². The Labute approximate surface area is 165 Å². The molecule has 3 rings (SSSR count). The molecule has 0 aliphatic carbocycles. The molecule has 0 radical (unpaired) electrons. The van der Waals surface area contributed by atoms with Crippen molar-refractivity contribution in [3.8, 4) is 0 Å². The van der Waals surface area contributed by atoms with Crippen LogP contribution in [0.1, 0.15) is 23.2 Å². The zero-order valence-corrected chi connectivity index (χ0v) is 16.3. The van der Waals surface area contributed by atoms with Crippen LogP contribution in [0.2, 0.25) is 0 Å². The smallest absolute Gasteiger partial charge is 0.252 e. The molecule has 3 aromatic rings. The minimum atomic E-state index is -0.104. The highest BCUT2D eigenvalue weighted by atomic mass is 32.2. The second-order valence-electron chi connectivity index (χ2n) is 5.77. The van der Waals surface area contributed by atoms with Gasteiger partial charge in [0.25, 0.3) is 5.91 Å². The van der Waals surface area contributed by atoms with Crippen molar-refractivity contribution in [1.29, 1.82) is 0 Å². The number of thiophene rings is 1. The fraction of sp³-hybridized carbons (Fsp3) is 0.222. The molecule has 2 aromatic heterocycles. The molecule has 0 bridgehead atoms. The van der Waals surface area contributed by atoms with E-state index in [2.05, 4.69) is 20.8 Å². The average molecular weight is 402 g/mol. The molecule has 1 aromatic carbocycles. The zero-order chi connectivity index (χ0) is 19.1. The maximum atomic E-state index is 12.0. The van der Waals surface area contributed by atoms with Crippen molar-refractivity contribution in [1.82, 2.24) is 20.1 Å². The summed E-state index contributed by atoms with van der Waals surface area (Å²) in [6.07, 6.45) is 2.58. The highest BCUT2D eigenvalue weighted by Crippen LogP contribution is 2.26. The van der Waals surface area contributed by atoms with E-state index in [1.54, 1.807) is 17.8 Å². The van der Waals surface area contributed by atoms with Crippen LogP contribution in [0.25, 0.3) is 0 Å². The number of rotatable bonds is 8. The summed E-state index contributed by atoms with van der Waals surface area (Å²) in [6.45, 7) is 0.468. The van der Waals surface area contributed by atoms with Gasteiger partial charge in [-0.3, -0.25) is 9.59 Å². The number of aromatic nitrogens is 3. The van der Waals surface area contributed by atoms with E-state index in [0.29, 0.717) is 24.9 Å². The number of carbonyl (C=O) groups is 2. The van der Waals surface area contributed by atoms with Crippen molar-refractivity contribution < 1.29 is 9.59 Å². The Hall–Kier alpha value is -2.65. The molecule has 9 heteroatoms. The third-order valence-corrected chi connectivity index (χ3v) is 5.41. The van der Waals surface area contributed by atoms with Crippen LogP contribution in [-0.2, 0) is 11.8 Å². The largest absolute Gasteiger partial charge is 0.352 e. The molecule has 2 amide bonds. The molecular formula is C18H19N5O2S2. The van der Waals surface area contributed by atoms with Gasteiger partial charge >= 0.3 is 0 Å². The lowest BCUT2D eigenvalue weighted by atomic mass is 10.2. The Kier molecular flexibility index (Phi) is 6.61. The van der Waals surface area contributed by atoms with E-state index in [1.165, 1.54) is 23.1 Å². The van der Waals surface area contributed by atoms with E-state index in [-0.39, 0.29) is 11.8 Å². The minimum absolute atomic E-state index is 0.0755. The fourth-order valence-electron chi connectivity index (χ4n) is 2.25. The van der Waals surface area contributed by atoms with Crippen LogP contribution in [-0.4, -0.2) is 33.1 Å². The highest BCUT2D eigenvalue weighted by Gasteiger charge is 2.07. The molecule has 0 aliphatic rings. The summed E-state index contributed by atoms with van der Waals surface area (Å²) in [5.74, 6) is -0.179. The molecule has 2 heterocycles. The molecule has 7 nitrogen and oxygen atoms in total. The molecule has 0 spiro atoms. The Balaban J connectivity index is 1.39. The topological polar surface area (TPSA) is 88.9 Å². The standard InChI is InChI=1S/C18H19N5O2S2/c1-23-12-20-22-18(23)27-15-6-4-14(5-7-15)21-16(24)3-2-9-19-17(25)13-8-10-26-11-13/h4-8,10-12H,2-3,9H2,1H3,(H,19,25)(H,21,24). The SMILES string of the molecule is Cn1cnnc1Sc1ccc(NC(=O)CCCNC(=O)c2ccsc2)cc1. The van der Waals surface area contributed by atoms with Gasteiger partial charge < -0.3 is 15.2 Å². The van der Waals surface area contributed by atoms with Crippen LogP contribution < -0.4 is 10.6 Å². The molecule has 0 aliphatic heterocycles. The average Bonchev–Trinajstić information content (AvgIpc) is 3.33. The summed E-state index contributed by atoms with van der Waals surface area (Å²) in [4.78, 5) is 24.8. The maximum Gasteiger partial charge on any atom is 0.252 e. The summed E-state index contributed by atoms with van der Waals surface area (Å²) >= 11 is 2.99. The molecular weight excluding hydrogens is 382 g/mol. The van der Waals surface area contributed by atoms with Crippen molar-refractivity contribution in [3.63, 3.8) is 0 Å². The summed E-state index contributed by atoms with van der Waals surface area (Å²) in [7, 11) is 1.89. The van der Waals surface area contributed by atoms with E-state index in [0.717, 1.165) is 15.7 Å². The summed E-state index contributed by atoms with van der Waals surface area (Å²) in [6, 6.07) is 9.34. The molecule has 0 atom stereocenters. The zero-order valence-electron chi connectivity index (χ0n) is 14.7. The van der Waals surface area contributed by atoms with E-state index >= 15 is 0 Å². The Bertz CT molecular complexity index is 891. The normalized spacial score (nSPS) is 10.6. The predicted molar refractivity (Wildman–Crippen MR) is 106 cm³/mol. The second-order valence-corrected chi connectivity index (χ2v) is 7.59. The molecule has 0 unspecified atom stereocenters. The van der Waals surface area contributed by atoms with E-state index in [9.17, 15) is 9.59 Å². The van der Waals surface area contributed by atoms with Gasteiger partial charge in [-0.25, -0.2) is 0 Å². The summed E-state index contributed by atoms with van der Waals surface area (Å²) in [5.41, 5.74) is 1.40. The van der Waals surface area contributed by atoms with Gasteiger partial charge in [0.15, 0.2) is 5.16 Å². The molecule has 0 saturated heterocycles. The lowest BCUT2D eigenvalue weighted by Gasteiger charge is -2.07. The Morgan fingerprint density at radius 1 is 1.22 bits per heavy atom. The number of hydrogen-bond acceptors (Lipinski definition) is 6. The van der Waals surface area contributed by atoms with Gasteiger partial charge in [0.05, 0.1) is 0 Å². The number of nitrogens with zero attached hydrogens (tertiary/aromatic N) is 3. The van der Waals surface area contributed by atoms with E-state index in [1.807, 2.05) is 41.3 Å². The number of aryl methyl sites for hydroxylation is 1. The van der Waals surface area contributed by atoms with E-state index in [4.69, 9.17) is 0 Å². The van der Waals surface area contributed by atoms with Gasteiger partial charge in [0.2, 0.25) is 5.91 Å². The quantitative estimate of drug-likeness (QED) is 0.566. The van der Waals surface area contributed by atoms with Crippen molar-refractivity contribution >= 4 is 40.6 Å². The first-order valence-electron chi connectivity index (χ1n) is 8.34. The molecule has 2 N–H and O–H groups in total. The first-order chi connectivity index (χ1) is 13.1. The van der Waals surface area contributed by atoms with Gasteiger partial charge in [0.1, 0.15) is 6.33 Å². The van der Waals surface area contributed by atoms with E-state index < -0.39 is 0 Å². The van der Waals surface area contributed by atoms with Crippen LogP contribution in [0.15, 0.2) is 57.5 Å². The Morgan fingerprint density at radius 2 is 2.04 bits per heavy atom. The maximum absolute atomic E-state index is 12.0. The van der Waals surface area contributed by atoms with Crippen molar-refractivity contribution in [2.45, 2.75) is 22.9 Å². The number of amides is 2. The molecule has 0 saturated carbocycles. The van der Waals surface area contributed by atoms with Crippen LogP contribution in [0, 0.1) is 0 Å². The van der Waals surface area contributed by atoms with Gasteiger partial charge in [-0.05, 0) is 53.9 Å². The fourth-order valence-corrected chi connectivity index (χ4v) is 3.64. The van der Waals surface area contributed by atoms with Crippen LogP contribution in [0.4, 0.5) is 5.69 Å². The van der Waals surface area contributed by atoms with Gasteiger partial charge in [0, 0.05) is 41.5 Å². The third-order valence-electron chi connectivity index (χ3n) is 3.67. The highest BCUT2D eigenvalue weighted by molar-refractivity contribution is 7.99. The van der Waals surface area contributed by atoms with Crippen LogP contribution >= 0.6 is 23.1 Å². The number of hydrogen-bond donors (Lipinski definition) is 2. The van der Waals surface area contributed by atoms with Crippen molar-refractivity contribution in [2.24, 2.45) is 7.05 Å². The number of anilines is 1. The number of carbonyl (C=O) groups excluding carboxylic acids is 2. The van der Waals surface area contributed by atoms with Gasteiger partial charge in [-0.2, -0.15) is 11.3 Å². The molecule has 27 heavy (non-hydrogen) atoms. The van der Waals surface area contributed by atoms with Gasteiger partial charge in [-0.15, -0.1) is 10.2 Å². The predicted octanol–water partition coefficient (Wildman–Crippen LogP) is 3.18. The lowest BCUT2D eigenvalue weighted by Crippen LogP contribution is -2.25. The first kappa shape index (κ1) is 19.1. The molecule has 140 valence electrons. The molecule has 0 fully saturated rings. The summed E-state index contributed by atoms with van der Waals surface area (Å²) in [5, 5.41) is 18.0. The third kappa shape index (κ3) is 5.66. The minimum Gasteiger partial charge on any atom is -0.352 e. The lowest BCUT2D eigenvalue weighted by molar-refractivity contribution is -0.116. The van der Waals surface area contributed by atoms with Crippen LogP contribution in [0.5, 0.6) is 0 Å². The second kappa shape index (κ2) is 9.33. The summed E-state index contributed by atoms with van der Waals surface area (Å²) < 4.78 is 1.84. The van der Waals surface area contributed by atoms with Crippen molar-refractivity contribution in [3.05, 3.63) is 53.0 Å². The first-order valence-corrected chi connectivity index (χ1v) is 10.1.